The second-order valence-electron chi connectivity index (χ2n) is 6.44. The van der Waals surface area contributed by atoms with Gasteiger partial charge in [-0.1, -0.05) is 0 Å². The summed E-state index contributed by atoms with van der Waals surface area (Å²) in [7, 11) is 0. The van der Waals surface area contributed by atoms with Crippen molar-refractivity contribution < 1.29 is 9.53 Å². The molecule has 1 heterocycles. The van der Waals surface area contributed by atoms with Crippen molar-refractivity contribution in [2.24, 2.45) is 23.5 Å². The average Bonchev–Trinajstić information content (AvgIpc) is 2.87. The van der Waals surface area contributed by atoms with E-state index in [1.54, 1.807) is 0 Å². The van der Waals surface area contributed by atoms with Crippen molar-refractivity contribution in [1.29, 1.82) is 0 Å². The van der Waals surface area contributed by atoms with E-state index < -0.39 is 0 Å². The lowest BCUT2D eigenvalue weighted by Gasteiger charge is -2.39. The number of nitrogens with two attached hydrogens (primary N) is 1. The number of morpholine rings is 1. The highest BCUT2D eigenvalue weighted by Gasteiger charge is 2.50. The Morgan fingerprint density at radius 3 is 2.33 bits per heavy atom. The summed E-state index contributed by atoms with van der Waals surface area (Å²) in [6.45, 7) is 5.53. The first-order valence-corrected chi connectivity index (χ1v) is 7.26. The van der Waals surface area contributed by atoms with Crippen LogP contribution in [0.4, 0.5) is 0 Å². The predicted molar refractivity (Wildman–Crippen MR) is 68.9 cm³/mol. The molecule has 0 spiro atoms. The molecule has 2 bridgehead atoms. The van der Waals surface area contributed by atoms with Crippen LogP contribution in [0.15, 0.2) is 0 Å². The van der Waals surface area contributed by atoms with Gasteiger partial charge in [-0.2, -0.15) is 0 Å². The topological polar surface area (TPSA) is 55.6 Å². The molecule has 0 aromatic heterocycles. The van der Waals surface area contributed by atoms with Crippen LogP contribution >= 0.6 is 0 Å². The van der Waals surface area contributed by atoms with Crippen LogP contribution in [0.2, 0.25) is 0 Å². The Hall–Kier alpha value is -0.610. The van der Waals surface area contributed by atoms with Gasteiger partial charge >= 0.3 is 0 Å². The van der Waals surface area contributed by atoms with Crippen molar-refractivity contribution in [1.82, 2.24) is 4.90 Å². The molecule has 1 aliphatic heterocycles. The summed E-state index contributed by atoms with van der Waals surface area (Å²) in [5.41, 5.74) is 6.26. The zero-order valence-corrected chi connectivity index (χ0v) is 11.3. The molecular weight excluding hydrogens is 228 g/mol. The van der Waals surface area contributed by atoms with Crippen LogP contribution in [-0.4, -0.2) is 42.1 Å². The third-order valence-electron chi connectivity index (χ3n) is 5.00. The minimum Gasteiger partial charge on any atom is -0.372 e. The van der Waals surface area contributed by atoms with Gasteiger partial charge in [-0.3, -0.25) is 4.79 Å². The number of ether oxygens (including phenoxy) is 1. The first kappa shape index (κ1) is 12.4. The molecule has 2 aliphatic carbocycles. The molecule has 6 unspecified atom stereocenters. The number of carbonyl (C=O) groups is 1. The molecule has 0 aromatic carbocycles. The summed E-state index contributed by atoms with van der Waals surface area (Å²) in [6.07, 6.45) is 3.89. The molecule has 2 N–H and O–H groups in total. The Morgan fingerprint density at radius 1 is 1.17 bits per heavy atom. The van der Waals surface area contributed by atoms with E-state index in [0.29, 0.717) is 11.8 Å². The molecule has 3 aliphatic rings. The molecule has 3 rings (SSSR count). The van der Waals surface area contributed by atoms with Gasteiger partial charge in [-0.15, -0.1) is 0 Å². The van der Waals surface area contributed by atoms with E-state index in [2.05, 4.69) is 0 Å². The fraction of sp³-hybridized carbons (Fsp3) is 0.929. The molecule has 0 radical (unpaired) electrons. The van der Waals surface area contributed by atoms with E-state index in [-0.39, 0.29) is 30.1 Å². The van der Waals surface area contributed by atoms with Gasteiger partial charge < -0.3 is 15.4 Å². The number of fused-ring (bicyclic) bond motifs is 2. The van der Waals surface area contributed by atoms with Crippen LogP contribution < -0.4 is 5.73 Å². The lowest BCUT2D eigenvalue weighted by molar-refractivity contribution is -0.149. The molecule has 0 aromatic rings. The van der Waals surface area contributed by atoms with Gasteiger partial charge in [0.2, 0.25) is 5.91 Å². The van der Waals surface area contributed by atoms with Crippen molar-refractivity contribution >= 4 is 5.91 Å². The Balaban J connectivity index is 1.71. The highest BCUT2D eigenvalue weighted by molar-refractivity contribution is 5.80. The summed E-state index contributed by atoms with van der Waals surface area (Å²) >= 11 is 0. The van der Waals surface area contributed by atoms with Crippen LogP contribution in [-0.2, 0) is 9.53 Å². The van der Waals surface area contributed by atoms with Crippen molar-refractivity contribution in [2.75, 3.05) is 13.1 Å². The van der Waals surface area contributed by atoms with E-state index in [9.17, 15) is 4.79 Å². The van der Waals surface area contributed by atoms with Crippen molar-refractivity contribution in [2.45, 2.75) is 51.4 Å². The minimum atomic E-state index is 0.0845. The summed E-state index contributed by atoms with van der Waals surface area (Å²) in [4.78, 5) is 14.7. The SMILES string of the molecule is CC1CN(C(=O)C2C3CCC(C3)C2N)CC(C)O1. The Labute approximate surface area is 109 Å². The van der Waals surface area contributed by atoms with E-state index >= 15 is 0 Å². The Bertz CT molecular complexity index is 335. The third kappa shape index (κ3) is 1.95. The molecule has 4 heteroatoms. The number of nitrogens with zero attached hydrogens (tertiary/aromatic N) is 1. The molecule has 2 saturated carbocycles. The third-order valence-corrected chi connectivity index (χ3v) is 5.00. The fourth-order valence-corrected chi connectivity index (χ4v) is 4.27. The number of hydrogen-bond acceptors (Lipinski definition) is 3. The molecule has 1 saturated heterocycles. The molecule has 102 valence electrons. The summed E-state index contributed by atoms with van der Waals surface area (Å²) in [5.74, 6) is 1.52. The molecule has 1 amide bonds. The smallest absolute Gasteiger partial charge is 0.227 e. The van der Waals surface area contributed by atoms with Gasteiger partial charge in [0.15, 0.2) is 0 Å². The van der Waals surface area contributed by atoms with Gasteiger partial charge in [0.1, 0.15) is 0 Å². The van der Waals surface area contributed by atoms with Crippen molar-refractivity contribution in [3.8, 4) is 0 Å². The van der Waals surface area contributed by atoms with Gasteiger partial charge in [-0.25, -0.2) is 0 Å². The minimum absolute atomic E-state index is 0.0845. The number of rotatable bonds is 1. The molecule has 18 heavy (non-hydrogen) atoms. The predicted octanol–water partition coefficient (Wildman–Crippen LogP) is 0.996. The first-order chi connectivity index (χ1) is 8.56. The van der Waals surface area contributed by atoms with Crippen LogP contribution in [0.5, 0.6) is 0 Å². The number of carbonyl (C=O) groups excluding carboxylic acids is 1. The molecule has 6 atom stereocenters. The van der Waals surface area contributed by atoms with Crippen LogP contribution in [0.3, 0.4) is 0 Å². The monoisotopic (exact) mass is 252 g/mol. The second kappa shape index (κ2) is 4.49. The van der Waals surface area contributed by atoms with Gasteiger partial charge in [0, 0.05) is 19.1 Å². The maximum Gasteiger partial charge on any atom is 0.227 e. The fourth-order valence-electron chi connectivity index (χ4n) is 4.27. The zero-order valence-electron chi connectivity index (χ0n) is 11.3. The molecule has 3 fully saturated rings. The van der Waals surface area contributed by atoms with Crippen molar-refractivity contribution in [3.63, 3.8) is 0 Å². The quantitative estimate of drug-likeness (QED) is 0.757. The summed E-state index contributed by atoms with van der Waals surface area (Å²) in [6, 6.07) is 0.102. The van der Waals surface area contributed by atoms with E-state index in [1.165, 1.54) is 19.3 Å². The normalized spacial score (nSPS) is 47.6. The Morgan fingerprint density at radius 2 is 1.78 bits per heavy atom. The van der Waals surface area contributed by atoms with Crippen molar-refractivity contribution in [3.05, 3.63) is 0 Å². The lowest BCUT2D eigenvalue weighted by atomic mass is 9.84. The zero-order chi connectivity index (χ0) is 12.9. The standard InChI is InChI=1S/C14H24N2O2/c1-8-6-16(7-9(2)18-8)14(17)12-10-3-4-11(5-10)13(12)15/h8-13H,3-7,15H2,1-2H3. The molecule has 4 nitrogen and oxygen atoms in total. The maximum atomic E-state index is 12.7. The van der Waals surface area contributed by atoms with E-state index in [1.807, 2.05) is 18.7 Å². The van der Waals surface area contributed by atoms with Gasteiger partial charge in [0.05, 0.1) is 18.1 Å². The average molecular weight is 252 g/mol. The Kier molecular flexibility index (Phi) is 3.10. The number of hydrogen-bond donors (Lipinski definition) is 1. The summed E-state index contributed by atoms with van der Waals surface area (Å²) in [5, 5.41) is 0. The summed E-state index contributed by atoms with van der Waals surface area (Å²) < 4.78 is 5.69. The first-order valence-electron chi connectivity index (χ1n) is 7.26. The van der Waals surface area contributed by atoms with Gasteiger partial charge in [-0.05, 0) is 44.9 Å². The largest absolute Gasteiger partial charge is 0.372 e. The van der Waals surface area contributed by atoms with Crippen LogP contribution in [0.1, 0.15) is 33.1 Å². The van der Waals surface area contributed by atoms with E-state index in [4.69, 9.17) is 10.5 Å². The van der Waals surface area contributed by atoms with E-state index in [0.717, 1.165) is 13.1 Å². The van der Waals surface area contributed by atoms with Gasteiger partial charge in [0.25, 0.3) is 0 Å². The highest BCUT2D eigenvalue weighted by Crippen LogP contribution is 2.48. The van der Waals surface area contributed by atoms with Crippen LogP contribution in [0, 0.1) is 17.8 Å². The highest BCUT2D eigenvalue weighted by atomic mass is 16.5. The number of amides is 1. The second-order valence-corrected chi connectivity index (χ2v) is 6.44. The molecular formula is C14H24N2O2. The maximum absolute atomic E-state index is 12.7. The van der Waals surface area contributed by atoms with Crippen LogP contribution in [0.25, 0.3) is 0 Å². The lowest BCUT2D eigenvalue weighted by Crippen LogP contribution is -2.53.